The molecule has 2 atom stereocenters. The minimum Gasteiger partial charge on any atom is -0.415 e. The standard InChI is InChI=1S/C11H24OSi/c1-9(2)10-6-7-11(8-10)12-13(3,4)5/h9-11H,6-8H2,1-5H3. The van der Waals surface area contributed by atoms with Crippen LogP contribution in [0.25, 0.3) is 0 Å². The van der Waals surface area contributed by atoms with E-state index in [0.29, 0.717) is 6.10 Å². The van der Waals surface area contributed by atoms with Gasteiger partial charge in [-0.2, -0.15) is 0 Å². The molecule has 1 saturated carbocycles. The molecule has 0 aromatic rings. The first-order chi connectivity index (χ1) is 5.88. The van der Waals surface area contributed by atoms with E-state index in [1.165, 1.54) is 19.3 Å². The molecule has 1 aliphatic rings. The Morgan fingerprint density at radius 2 is 1.77 bits per heavy atom. The lowest BCUT2D eigenvalue weighted by molar-refractivity contribution is 0.191. The molecule has 1 rings (SSSR count). The predicted molar refractivity (Wildman–Crippen MR) is 60.4 cm³/mol. The summed E-state index contributed by atoms with van der Waals surface area (Å²) in [6, 6.07) is 0. The Bertz CT molecular complexity index is 160. The van der Waals surface area contributed by atoms with Gasteiger partial charge >= 0.3 is 0 Å². The highest BCUT2D eigenvalue weighted by atomic mass is 28.4. The second-order valence-corrected chi connectivity index (χ2v) is 10.1. The number of rotatable bonds is 3. The van der Waals surface area contributed by atoms with Crippen LogP contribution in [0.1, 0.15) is 33.1 Å². The van der Waals surface area contributed by atoms with Crippen molar-refractivity contribution in [3.8, 4) is 0 Å². The molecule has 78 valence electrons. The summed E-state index contributed by atoms with van der Waals surface area (Å²) in [6.07, 6.45) is 4.57. The highest BCUT2D eigenvalue weighted by molar-refractivity contribution is 6.69. The van der Waals surface area contributed by atoms with Gasteiger partial charge in [0, 0.05) is 6.10 Å². The molecule has 1 fully saturated rings. The summed E-state index contributed by atoms with van der Waals surface area (Å²) in [6.45, 7) is 11.5. The van der Waals surface area contributed by atoms with Gasteiger partial charge in [-0.05, 0) is 50.7 Å². The van der Waals surface area contributed by atoms with Gasteiger partial charge in [0.1, 0.15) is 0 Å². The van der Waals surface area contributed by atoms with Crippen molar-refractivity contribution in [2.24, 2.45) is 11.8 Å². The van der Waals surface area contributed by atoms with Crippen LogP contribution in [0.15, 0.2) is 0 Å². The molecule has 2 unspecified atom stereocenters. The van der Waals surface area contributed by atoms with E-state index < -0.39 is 8.32 Å². The molecular weight excluding hydrogens is 176 g/mol. The molecule has 0 aromatic heterocycles. The summed E-state index contributed by atoms with van der Waals surface area (Å²) in [5.41, 5.74) is 0. The monoisotopic (exact) mass is 200 g/mol. The molecule has 0 bridgehead atoms. The van der Waals surface area contributed by atoms with Gasteiger partial charge in [0.15, 0.2) is 8.32 Å². The highest BCUT2D eigenvalue weighted by Crippen LogP contribution is 2.34. The van der Waals surface area contributed by atoms with Gasteiger partial charge in [-0.3, -0.25) is 0 Å². The Kier molecular flexibility index (Phi) is 3.58. The van der Waals surface area contributed by atoms with Crippen molar-refractivity contribution in [1.82, 2.24) is 0 Å². The normalized spacial score (nSPS) is 30.0. The van der Waals surface area contributed by atoms with Crippen molar-refractivity contribution in [3.63, 3.8) is 0 Å². The van der Waals surface area contributed by atoms with E-state index in [2.05, 4.69) is 33.5 Å². The van der Waals surface area contributed by atoms with Gasteiger partial charge in [0.25, 0.3) is 0 Å². The molecule has 0 aromatic carbocycles. The molecule has 2 heteroatoms. The summed E-state index contributed by atoms with van der Waals surface area (Å²) in [5.74, 6) is 1.76. The first-order valence-corrected chi connectivity index (χ1v) is 8.97. The smallest absolute Gasteiger partial charge is 0.184 e. The van der Waals surface area contributed by atoms with Crippen molar-refractivity contribution in [3.05, 3.63) is 0 Å². The zero-order chi connectivity index (χ0) is 10.1. The summed E-state index contributed by atoms with van der Waals surface area (Å²) in [7, 11) is -1.29. The number of hydrogen-bond donors (Lipinski definition) is 0. The molecule has 0 aliphatic heterocycles. The Morgan fingerprint density at radius 1 is 1.15 bits per heavy atom. The van der Waals surface area contributed by atoms with Gasteiger partial charge in [0.05, 0.1) is 0 Å². The zero-order valence-electron chi connectivity index (χ0n) is 9.76. The SMILES string of the molecule is CC(C)C1CCC(O[Si](C)(C)C)C1. The minimum absolute atomic E-state index is 0.582. The maximum absolute atomic E-state index is 6.12. The van der Waals surface area contributed by atoms with Gasteiger partial charge in [-0.25, -0.2) is 0 Å². The van der Waals surface area contributed by atoms with Gasteiger partial charge in [-0.15, -0.1) is 0 Å². The van der Waals surface area contributed by atoms with Crippen LogP contribution in [0.5, 0.6) is 0 Å². The Morgan fingerprint density at radius 3 is 2.15 bits per heavy atom. The lowest BCUT2D eigenvalue weighted by Gasteiger charge is -2.23. The fourth-order valence-electron chi connectivity index (χ4n) is 2.19. The minimum atomic E-state index is -1.29. The third-order valence-electron chi connectivity index (χ3n) is 2.89. The molecule has 0 radical (unpaired) electrons. The fourth-order valence-corrected chi connectivity index (χ4v) is 3.40. The largest absolute Gasteiger partial charge is 0.415 e. The van der Waals surface area contributed by atoms with E-state index >= 15 is 0 Å². The third-order valence-corrected chi connectivity index (χ3v) is 3.93. The molecule has 0 spiro atoms. The van der Waals surface area contributed by atoms with E-state index in [0.717, 1.165) is 11.8 Å². The van der Waals surface area contributed by atoms with Crippen LogP contribution >= 0.6 is 0 Å². The first-order valence-electron chi connectivity index (χ1n) is 5.56. The van der Waals surface area contributed by atoms with E-state index in [1.807, 2.05) is 0 Å². The molecule has 0 N–H and O–H groups in total. The van der Waals surface area contributed by atoms with E-state index in [1.54, 1.807) is 0 Å². The molecule has 1 aliphatic carbocycles. The van der Waals surface area contributed by atoms with Crippen LogP contribution in [0.3, 0.4) is 0 Å². The van der Waals surface area contributed by atoms with Crippen molar-refractivity contribution in [2.45, 2.75) is 58.9 Å². The Labute approximate surface area is 84.0 Å². The van der Waals surface area contributed by atoms with E-state index in [4.69, 9.17) is 4.43 Å². The van der Waals surface area contributed by atoms with Crippen LogP contribution < -0.4 is 0 Å². The lowest BCUT2D eigenvalue weighted by atomic mass is 9.95. The molecule has 0 heterocycles. The Hall–Kier alpha value is 0.177. The highest BCUT2D eigenvalue weighted by Gasteiger charge is 2.30. The van der Waals surface area contributed by atoms with E-state index in [-0.39, 0.29) is 0 Å². The first kappa shape index (κ1) is 11.3. The number of hydrogen-bond acceptors (Lipinski definition) is 1. The molecule has 0 saturated heterocycles. The zero-order valence-corrected chi connectivity index (χ0v) is 10.8. The summed E-state index contributed by atoms with van der Waals surface area (Å²) in [5, 5.41) is 0. The maximum atomic E-state index is 6.12. The topological polar surface area (TPSA) is 9.23 Å². The summed E-state index contributed by atoms with van der Waals surface area (Å²) >= 11 is 0. The van der Waals surface area contributed by atoms with Crippen molar-refractivity contribution < 1.29 is 4.43 Å². The second-order valence-electron chi connectivity index (χ2n) is 5.67. The van der Waals surface area contributed by atoms with E-state index in [9.17, 15) is 0 Å². The second kappa shape index (κ2) is 4.14. The quantitative estimate of drug-likeness (QED) is 0.632. The van der Waals surface area contributed by atoms with Crippen molar-refractivity contribution in [1.29, 1.82) is 0 Å². The average Bonchev–Trinajstić information content (AvgIpc) is 2.31. The molecule has 1 nitrogen and oxygen atoms in total. The van der Waals surface area contributed by atoms with Crippen molar-refractivity contribution in [2.75, 3.05) is 0 Å². The summed E-state index contributed by atoms with van der Waals surface area (Å²) < 4.78 is 6.12. The van der Waals surface area contributed by atoms with Crippen LogP contribution in [-0.2, 0) is 4.43 Å². The van der Waals surface area contributed by atoms with Crippen LogP contribution in [0.4, 0.5) is 0 Å². The van der Waals surface area contributed by atoms with Crippen molar-refractivity contribution >= 4 is 8.32 Å². The van der Waals surface area contributed by atoms with Gasteiger partial charge < -0.3 is 4.43 Å². The Balaban J connectivity index is 2.33. The van der Waals surface area contributed by atoms with Crippen LogP contribution in [0, 0.1) is 11.8 Å². The molecular formula is C11H24OSi. The lowest BCUT2D eigenvalue weighted by Crippen LogP contribution is -2.30. The van der Waals surface area contributed by atoms with Gasteiger partial charge in [0.2, 0.25) is 0 Å². The molecule has 13 heavy (non-hydrogen) atoms. The predicted octanol–water partition coefficient (Wildman–Crippen LogP) is 3.66. The van der Waals surface area contributed by atoms with Crippen LogP contribution in [-0.4, -0.2) is 14.4 Å². The average molecular weight is 200 g/mol. The molecule has 0 amide bonds. The summed E-state index contributed by atoms with van der Waals surface area (Å²) in [4.78, 5) is 0. The third kappa shape index (κ3) is 3.82. The maximum Gasteiger partial charge on any atom is 0.184 e. The van der Waals surface area contributed by atoms with Crippen LogP contribution in [0.2, 0.25) is 19.6 Å². The van der Waals surface area contributed by atoms with Gasteiger partial charge in [-0.1, -0.05) is 13.8 Å². The fraction of sp³-hybridized carbons (Fsp3) is 1.00.